The zero-order valence-electron chi connectivity index (χ0n) is 15.2. The first-order valence-corrected chi connectivity index (χ1v) is 9.82. The van der Waals surface area contributed by atoms with Gasteiger partial charge in [0.15, 0.2) is 0 Å². The molecule has 1 aliphatic carbocycles. The van der Waals surface area contributed by atoms with Gasteiger partial charge in [-0.05, 0) is 60.6 Å². The van der Waals surface area contributed by atoms with Gasteiger partial charge in [-0.25, -0.2) is 0 Å². The monoisotopic (exact) mass is 429 g/mol. The molecule has 0 aliphatic heterocycles. The quantitative estimate of drug-likeness (QED) is 0.533. The van der Waals surface area contributed by atoms with Crippen LogP contribution in [0.15, 0.2) is 42.5 Å². The van der Waals surface area contributed by atoms with Crippen molar-refractivity contribution in [1.82, 2.24) is 0 Å². The molecule has 2 nitrogen and oxygen atoms in total. The minimum atomic E-state index is -4.53. The summed E-state index contributed by atoms with van der Waals surface area (Å²) in [5.41, 5.74) is 1.59. The molecular formula is C21H20Cl2F3NO. The van der Waals surface area contributed by atoms with E-state index in [0.29, 0.717) is 21.7 Å². The Balaban J connectivity index is 1.87. The van der Waals surface area contributed by atoms with E-state index in [0.717, 1.165) is 18.9 Å². The van der Waals surface area contributed by atoms with Crippen LogP contribution >= 0.6 is 23.2 Å². The summed E-state index contributed by atoms with van der Waals surface area (Å²) in [5.74, 6) is -3.41. The number of hydrogen-bond acceptors (Lipinski definition) is 1. The van der Waals surface area contributed by atoms with Gasteiger partial charge in [0.25, 0.3) is 0 Å². The van der Waals surface area contributed by atoms with Crippen LogP contribution in [0.4, 0.5) is 18.9 Å². The number of rotatable bonds is 6. The van der Waals surface area contributed by atoms with Crippen LogP contribution in [0.5, 0.6) is 0 Å². The summed E-state index contributed by atoms with van der Waals surface area (Å²) in [6.07, 6.45) is -1.31. The Morgan fingerprint density at radius 2 is 1.79 bits per heavy atom. The largest absolute Gasteiger partial charge is 0.392 e. The average Bonchev–Trinajstić information content (AvgIpc) is 3.43. The van der Waals surface area contributed by atoms with Crippen LogP contribution < -0.4 is 5.32 Å². The third kappa shape index (κ3) is 5.21. The molecular weight excluding hydrogens is 410 g/mol. The van der Waals surface area contributed by atoms with E-state index in [1.165, 1.54) is 37.1 Å². The molecule has 0 radical (unpaired) electrons. The van der Waals surface area contributed by atoms with Crippen LogP contribution in [0.2, 0.25) is 10.0 Å². The van der Waals surface area contributed by atoms with Gasteiger partial charge in [0.05, 0.1) is 22.5 Å². The summed E-state index contributed by atoms with van der Waals surface area (Å²) in [4.78, 5) is 12.9. The van der Waals surface area contributed by atoms with E-state index in [4.69, 9.17) is 23.2 Å². The van der Waals surface area contributed by atoms with Gasteiger partial charge in [-0.3, -0.25) is 4.79 Å². The summed E-state index contributed by atoms with van der Waals surface area (Å²) in [6.45, 7) is 1.00. The van der Waals surface area contributed by atoms with Crippen LogP contribution in [0.1, 0.15) is 36.8 Å². The first-order valence-electron chi connectivity index (χ1n) is 9.06. The van der Waals surface area contributed by atoms with Gasteiger partial charge in [0.2, 0.25) is 5.91 Å². The third-order valence-electron chi connectivity index (χ3n) is 5.04. The Bertz CT molecular complexity index is 848. The molecule has 0 heterocycles. The number of carbonyl (C=O) groups excluding carboxylic acids is 1. The minimum Gasteiger partial charge on any atom is -0.324 e. The Hall–Kier alpha value is -1.72. The molecule has 1 fully saturated rings. The molecule has 2 aromatic rings. The topological polar surface area (TPSA) is 29.1 Å². The Morgan fingerprint density at radius 3 is 2.36 bits per heavy atom. The number of anilines is 1. The average molecular weight is 430 g/mol. The highest BCUT2D eigenvalue weighted by molar-refractivity contribution is 6.33. The molecule has 7 heteroatoms. The highest BCUT2D eigenvalue weighted by Gasteiger charge is 2.45. The fourth-order valence-corrected chi connectivity index (χ4v) is 3.48. The molecule has 0 bridgehead atoms. The summed E-state index contributed by atoms with van der Waals surface area (Å²) in [7, 11) is 0. The fourth-order valence-electron chi connectivity index (χ4n) is 3.19. The van der Waals surface area contributed by atoms with Gasteiger partial charge in [-0.1, -0.05) is 48.3 Å². The maximum Gasteiger partial charge on any atom is 0.392 e. The number of carbonyl (C=O) groups is 1. The van der Waals surface area contributed by atoms with Crippen LogP contribution in [0.3, 0.4) is 0 Å². The van der Waals surface area contributed by atoms with Gasteiger partial charge in [-0.15, -0.1) is 0 Å². The second kappa shape index (κ2) is 8.34. The molecule has 1 saturated carbocycles. The van der Waals surface area contributed by atoms with Crippen molar-refractivity contribution >= 4 is 34.8 Å². The molecule has 1 N–H and O–H groups in total. The number of halogens is 5. The number of benzene rings is 2. The molecule has 2 atom stereocenters. The normalized spacial score (nSPS) is 16.5. The molecule has 28 heavy (non-hydrogen) atoms. The van der Waals surface area contributed by atoms with Gasteiger partial charge >= 0.3 is 6.18 Å². The zero-order valence-corrected chi connectivity index (χ0v) is 16.7. The van der Waals surface area contributed by atoms with Crippen LogP contribution in [0.25, 0.3) is 0 Å². The molecule has 1 amide bonds. The first-order chi connectivity index (χ1) is 13.1. The summed E-state index contributed by atoms with van der Waals surface area (Å²) in [6, 6.07) is 11.1. The Kier molecular flexibility index (Phi) is 6.25. The zero-order chi connectivity index (χ0) is 20.5. The predicted octanol–water partition coefficient (Wildman–Crippen LogP) is 6.87. The van der Waals surface area contributed by atoms with Crippen molar-refractivity contribution in [3.05, 3.63) is 63.6 Å². The first kappa shape index (κ1) is 21.0. The maximum absolute atomic E-state index is 13.4. The summed E-state index contributed by atoms with van der Waals surface area (Å²) in [5, 5.41) is 3.29. The standard InChI is InChI=1S/C21H20Cl2F3NO/c1-12(21(24,25)26)19(15-5-7-16(22)8-6-15)20(28)27-18-11-14(4-9-17(18)23)10-13-2-3-13/h4-9,11-13,19H,2-3,10H2,1H3,(H,27,28)/t12-,19+/m1/s1. The Labute approximate surface area is 172 Å². The van der Waals surface area contributed by atoms with Crippen molar-refractivity contribution in [3.8, 4) is 0 Å². The minimum absolute atomic E-state index is 0.247. The molecule has 1 aliphatic rings. The molecule has 0 spiro atoms. The molecule has 2 aromatic carbocycles. The van der Waals surface area contributed by atoms with Crippen LogP contribution in [-0.4, -0.2) is 12.1 Å². The smallest absolute Gasteiger partial charge is 0.324 e. The molecule has 0 aromatic heterocycles. The molecule has 150 valence electrons. The lowest BCUT2D eigenvalue weighted by Crippen LogP contribution is -2.34. The fraction of sp³-hybridized carbons (Fsp3) is 0.381. The third-order valence-corrected chi connectivity index (χ3v) is 5.62. The highest BCUT2D eigenvalue weighted by Crippen LogP contribution is 2.39. The lowest BCUT2D eigenvalue weighted by Gasteiger charge is -2.26. The Morgan fingerprint density at radius 1 is 1.14 bits per heavy atom. The highest BCUT2D eigenvalue weighted by atomic mass is 35.5. The van der Waals surface area contributed by atoms with E-state index < -0.39 is 23.9 Å². The van der Waals surface area contributed by atoms with E-state index >= 15 is 0 Å². The SMILES string of the molecule is C[C@H]([C@H](C(=O)Nc1cc(CC2CC2)ccc1Cl)c1ccc(Cl)cc1)C(F)(F)F. The number of nitrogens with one attached hydrogen (secondary N) is 1. The van der Waals surface area contributed by atoms with Crippen LogP contribution in [-0.2, 0) is 11.2 Å². The van der Waals surface area contributed by atoms with Gasteiger partial charge in [-0.2, -0.15) is 13.2 Å². The summed E-state index contributed by atoms with van der Waals surface area (Å²) >= 11 is 12.0. The van der Waals surface area contributed by atoms with E-state index in [9.17, 15) is 18.0 Å². The van der Waals surface area contributed by atoms with Crippen molar-refractivity contribution < 1.29 is 18.0 Å². The van der Waals surface area contributed by atoms with Crippen LogP contribution in [0, 0.1) is 11.8 Å². The molecule has 0 saturated heterocycles. The van der Waals surface area contributed by atoms with Crippen molar-refractivity contribution in [2.75, 3.05) is 5.32 Å². The number of alkyl halides is 3. The van der Waals surface area contributed by atoms with E-state index in [-0.39, 0.29) is 5.56 Å². The maximum atomic E-state index is 13.4. The van der Waals surface area contributed by atoms with E-state index in [1.807, 2.05) is 6.07 Å². The molecule has 0 unspecified atom stereocenters. The van der Waals surface area contributed by atoms with Crippen molar-refractivity contribution in [2.24, 2.45) is 11.8 Å². The van der Waals surface area contributed by atoms with Crippen molar-refractivity contribution in [1.29, 1.82) is 0 Å². The second-order valence-electron chi connectivity index (χ2n) is 7.31. The summed E-state index contributed by atoms with van der Waals surface area (Å²) < 4.78 is 40.3. The van der Waals surface area contributed by atoms with Gasteiger partial charge in [0, 0.05) is 5.02 Å². The molecule has 3 rings (SSSR count). The van der Waals surface area contributed by atoms with E-state index in [2.05, 4.69) is 5.32 Å². The van der Waals surface area contributed by atoms with Gasteiger partial charge < -0.3 is 5.32 Å². The lowest BCUT2D eigenvalue weighted by molar-refractivity contribution is -0.178. The van der Waals surface area contributed by atoms with E-state index in [1.54, 1.807) is 12.1 Å². The lowest BCUT2D eigenvalue weighted by atomic mass is 9.86. The van der Waals surface area contributed by atoms with Crippen molar-refractivity contribution in [3.63, 3.8) is 0 Å². The predicted molar refractivity (Wildman–Crippen MR) is 106 cm³/mol. The number of amides is 1. The van der Waals surface area contributed by atoms with Crippen molar-refractivity contribution in [2.45, 2.75) is 38.3 Å². The van der Waals surface area contributed by atoms with Gasteiger partial charge in [0.1, 0.15) is 0 Å². The second-order valence-corrected chi connectivity index (χ2v) is 8.15. The number of hydrogen-bond donors (Lipinski definition) is 1.